The first-order valence-corrected chi connectivity index (χ1v) is 6.51. The highest BCUT2D eigenvalue weighted by molar-refractivity contribution is 7.94. The maximum Gasteiger partial charge on any atom is 0.173 e. The molecule has 0 saturated heterocycles. The molecule has 4 heteroatoms. The molecule has 0 amide bonds. The Balaban J connectivity index is 2.05. The predicted molar refractivity (Wildman–Crippen MR) is 61.5 cm³/mol. The Hall–Kier alpha value is -1.29. The van der Waals surface area contributed by atoms with Crippen LogP contribution in [0.2, 0.25) is 0 Å². The van der Waals surface area contributed by atoms with Gasteiger partial charge in [0.05, 0.1) is 11.8 Å². The van der Waals surface area contributed by atoms with Crippen molar-refractivity contribution in [2.24, 2.45) is 0 Å². The summed E-state index contributed by atoms with van der Waals surface area (Å²) in [6.45, 7) is 2.02. The molecule has 1 aliphatic heterocycles. The first kappa shape index (κ1) is 10.2. The maximum absolute atomic E-state index is 11.2. The quantitative estimate of drug-likeness (QED) is 0.830. The summed E-state index contributed by atoms with van der Waals surface area (Å²) < 4.78 is 22.3. The summed E-state index contributed by atoms with van der Waals surface area (Å²) in [6.07, 6.45) is 1.69. The van der Waals surface area contributed by atoms with E-state index < -0.39 is 9.84 Å². The molecule has 0 radical (unpaired) electrons. The maximum atomic E-state index is 11.2. The van der Waals surface area contributed by atoms with Gasteiger partial charge in [0, 0.05) is 11.1 Å². The molecule has 15 heavy (non-hydrogen) atoms. The minimum Gasteiger partial charge on any atom is -0.378 e. The van der Waals surface area contributed by atoms with Gasteiger partial charge in [-0.2, -0.15) is 0 Å². The van der Waals surface area contributed by atoms with Crippen LogP contribution in [0.1, 0.15) is 5.56 Å². The van der Waals surface area contributed by atoms with Crippen LogP contribution in [0.25, 0.3) is 0 Å². The number of nitrogens with one attached hydrogen (secondary N) is 1. The number of aryl methyl sites for hydroxylation is 1. The van der Waals surface area contributed by atoms with E-state index in [9.17, 15) is 8.42 Å². The van der Waals surface area contributed by atoms with Crippen molar-refractivity contribution in [3.63, 3.8) is 0 Å². The second-order valence-corrected chi connectivity index (χ2v) is 5.71. The minimum absolute atomic E-state index is 0.0993. The molecule has 1 aromatic carbocycles. The average Bonchev–Trinajstić information content (AvgIpc) is 2.50. The van der Waals surface area contributed by atoms with Crippen LogP contribution in [0.3, 0.4) is 0 Å². The van der Waals surface area contributed by atoms with E-state index in [0.29, 0.717) is 0 Å². The van der Waals surface area contributed by atoms with Crippen molar-refractivity contribution in [3.05, 3.63) is 41.3 Å². The SMILES string of the molecule is Cc1ccc(N[C@@H]2C=CS(=O)(=O)C2)cc1. The molecule has 0 saturated carbocycles. The fraction of sp³-hybridized carbons (Fsp3) is 0.273. The predicted octanol–water partition coefficient (Wildman–Crippen LogP) is 1.72. The van der Waals surface area contributed by atoms with Crippen LogP contribution in [0.15, 0.2) is 35.7 Å². The largest absolute Gasteiger partial charge is 0.378 e. The summed E-state index contributed by atoms with van der Waals surface area (Å²) in [5, 5.41) is 4.43. The molecule has 80 valence electrons. The lowest BCUT2D eigenvalue weighted by Gasteiger charge is -2.11. The number of benzene rings is 1. The molecule has 3 nitrogen and oxygen atoms in total. The average molecular weight is 223 g/mol. The van der Waals surface area contributed by atoms with Gasteiger partial charge in [0.15, 0.2) is 9.84 Å². The third-order valence-electron chi connectivity index (χ3n) is 2.33. The van der Waals surface area contributed by atoms with Gasteiger partial charge in [0.2, 0.25) is 0 Å². The van der Waals surface area contributed by atoms with Crippen LogP contribution in [0, 0.1) is 6.92 Å². The summed E-state index contributed by atoms with van der Waals surface area (Å²) in [5.74, 6) is 0.154. The van der Waals surface area contributed by atoms with Gasteiger partial charge < -0.3 is 5.32 Å². The van der Waals surface area contributed by atoms with E-state index in [1.54, 1.807) is 6.08 Å². The topological polar surface area (TPSA) is 46.2 Å². The van der Waals surface area contributed by atoms with Crippen molar-refractivity contribution in [1.82, 2.24) is 0 Å². The summed E-state index contributed by atoms with van der Waals surface area (Å²) in [7, 11) is -2.97. The zero-order valence-electron chi connectivity index (χ0n) is 8.47. The van der Waals surface area contributed by atoms with Crippen molar-refractivity contribution in [2.75, 3.05) is 11.1 Å². The fourth-order valence-electron chi connectivity index (χ4n) is 1.53. The Bertz CT molecular complexity index is 474. The smallest absolute Gasteiger partial charge is 0.173 e. The van der Waals surface area contributed by atoms with E-state index in [-0.39, 0.29) is 11.8 Å². The van der Waals surface area contributed by atoms with E-state index in [1.807, 2.05) is 31.2 Å². The van der Waals surface area contributed by atoms with Crippen molar-refractivity contribution in [1.29, 1.82) is 0 Å². The normalized spacial score (nSPS) is 22.9. The molecule has 0 fully saturated rings. The molecule has 0 spiro atoms. The second-order valence-electron chi connectivity index (χ2n) is 3.77. The molecule has 0 aliphatic carbocycles. The summed E-state index contributed by atoms with van der Waals surface area (Å²) in [6, 6.07) is 7.80. The molecule has 1 atom stereocenters. The molecule has 0 aromatic heterocycles. The van der Waals surface area contributed by atoms with Crippen LogP contribution >= 0.6 is 0 Å². The molecule has 0 unspecified atom stereocenters. The van der Waals surface area contributed by atoms with E-state index in [1.165, 1.54) is 11.0 Å². The molecule has 1 aliphatic rings. The van der Waals surface area contributed by atoms with Crippen LogP contribution in [0.4, 0.5) is 5.69 Å². The van der Waals surface area contributed by atoms with Crippen LogP contribution in [-0.2, 0) is 9.84 Å². The zero-order chi connectivity index (χ0) is 10.9. The van der Waals surface area contributed by atoms with Gasteiger partial charge in [-0.15, -0.1) is 0 Å². The monoisotopic (exact) mass is 223 g/mol. The molecule has 1 N–H and O–H groups in total. The van der Waals surface area contributed by atoms with Gasteiger partial charge in [-0.25, -0.2) is 8.42 Å². The molecular formula is C11H13NO2S. The number of hydrogen-bond acceptors (Lipinski definition) is 3. The van der Waals surface area contributed by atoms with Gasteiger partial charge in [-0.3, -0.25) is 0 Å². The highest BCUT2D eigenvalue weighted by Crippen LogP contribution is 2.15. The third-order valence-corrected chi connectivity index (χ3v) is 3.73. The fourth-order valence-corrected chi connectivity index (χ4v) is 2.76. The van der Waals surface area contributed by atoms with E-state index >= 15 is 0 Å². The van der Waals surface area contributed by atoms with Crippen LogP contribution in [0.5, 0.6) is 0 Å². The Kier molecular flexibility index (Phi) is 2.52. The third kappa shape index (κ3) is 2.59. The Morgan fingerprint density at radius 2 is 1.93 bits per heavy atom. The van der Waals surface area contributed by atoms with Gasteiger partial charge in [-0.05, 0) is 19.1 Å². The highest BCUT2D eigenvalue weighted by atomic mass is 32.2. The van der Waals surface area contributed by atoms with Crippen LogP contribution in [-0.4, -0.2) is 20.2 Å². The Labute approximate surface area is 89.7 Å². The van der Waals surface area contributed by atoms with Crippen LogP contribution < -0.4 is 5.32 Å². The summed E-state index contributed by atoms with van der Waals surface area (Å²) >= 11 is 0. The second kappa shape index (κ2) is 3.70. The van der Waals surface area contributed by atoms with Gasteiger partial charge >= 0.3 is 0 Å². The lowest BCUT2D eigenvalue weighted by Crippen LogP contribution is -2.20. The van der Waals surface area contributed by atoms with Crippen molar-refractivity contribution in [3.8, 4) is 0 Å². The molecule has 0 bridgehead atoms. The van der Waals surface area contributed by atoms with Gasteiger partial charge in [0.25, 0.3) is 0 Å². The number of hydrogen-bond donors (Lipinski definition) is 1. The van der Waals surface area contributed by atoms with Gasteiger partial charge in [-0.1, -0.05) is 23.8 Å². The molecule has 1 aromatic rings. The Morgan fingerprint density at radius 1 is 1.27 bits per heavy atom. The molecule has 2 rings (SSSR count). The van der Waals surface area contributed by atoms with Crippen molar-refractivity contribution >= 4 is 15.5 Å². The number of sulfone groups is 1. The van der Waals surface area contributed by atoms with Crippen molar-refractivity contribution < 1.29 is 8.42 Å². The number of anilines is 1. The van der Waals surface area contributed by atoms with E-state index in [2.05, 4.69) is 5.32 Å². The van der Waals surface area contributed by atoms with E-state index in [4.69, 9.17) is 0 Å². The zero-order valence-corrected chi connectivity index (χ0v) is 9.29. The minimum atomic E-state index is -2.97. The highest BCUT2D eigenvalue weighted by Gasteiger charge is 2.20. The van der Waals surface area contributed by atoms with Crippen molar-refractivity contribution in [2.45, 2.75) is 13.0 Å². The first-order valence-electron chi connectivity index (χ1n) is 4.79. The first-order chi connectivity index (χ1) is 7.05. The molecule has 1 heterocycles. The molecular weight excluding hydrogens is 210 g/mol. The lowest BCUT2D eigenvalue weighted by atomic mass is 10.2. The van der Waals surface area contributed by atoms with Gasteiger partial charge in [0.1, 0.15) is 0 Å². The Morgan fingerprint density at radius 3 is 2.47 bits per heavy atom. The number of rotatable bonds is 2. The lowest BCUT2D eigenvalue weighted by molar-refractivity contribution is 0.605. The summed E-state index contributed by atoms with van der Waals surface area (Å²) in [4.78, 5) is 0. The standard InChI is InChI=1S/C11H13NO2S/c1-9-2-4-10(5-3-9)12-11-6-7-15(13,14)8-11/h2-7,11-12H,8H2,1H3/t11-/m1/s1. The van der Waals surface area contributed by atoms with E-state index in [0.717, 1.165) is 5.69 Å². The summed E-state index contributed by atoms with van der Waals surface area (Å²) in [5.41, 5.74) is 2.14.